The lowest BCUT2D eigenvalue weighted by Gasteiger charge is -2.13. The van der Waals surface area contributed by atoms with Crippen LogP contribution in [0.2, 0.25) is 0 Å². The summed E-state index contributed by atoms with van der Waals surface area (Å²) in [4.78, 5) is 5.45. The zero-order valence-corrected chi connectivity index (χ0v) is 11.7. The number of hydrogen-bond acceptors (Lipinski definition) is 2. The molecule has 4 heteroatoms. The van der Waals surface area contributed by atoms with Crippen LogP contribution in [0.25, 0.3) is 11.3 Å². The molecule has 0 aliphatic heterocycles. The van der Waals surface area contributed by atoms with Crippen LogP contribution in [0.15, 0.2) is 18.2 Å². The molecule has 0 aliphatic rings. The van der Waals surface area contributed by atoms with Crippen molar-refractivity contribution in [3.05, 3.63) is 39.7 Å². The highest BCUT2D eigenvalue weighted by atomic mass is 32.1. The third kappa shape index (κ3) is 2.43. The zero-order valence-electron chi connectivity index (χ0n) is 10.8. The average molecular weight is 267 g/mol. The van der Waals surface area contributed by atoms with E-state index in [0.717, 1.165) is 16.0 Å². The molecule has 0 aliphatic carbocycles. The van der Waals surface area contributed by atoms with E-state index < -0.39 is 11.6 Å². The number of halogens is 2. The number of hydrogen-bond donors (Lipinski definition) is 0. The normalized spacial score (nSPS) is 11.9. The van der Waals surface area contributed by atoms with Gasteiger partial charge in [-0.3, -0.25) is 0 Å². The number of benzene rings is 1. The van der Waals surface area contributed by atoms with Crippen LogP contribution in [0, 0.1) is 18.6 Å². The molecule has 1 nitrogen and oxygen atoms in total. The second kappa shape index (κ2) is 4.43. The van der Waals surface area contributed by atoms with Crippen LogP contribution >= 0.6 is 11.3 Å². The molecule has 2 rings (SSSR count). The minimum Gasteiger partial charge on any atom is -0.240 e. The predicted molar refractivity (Wildman–Crippen MR) is 70.9 cm³/mol. The van der Waals surface area contributed by atoms with Crippen LogP contribution in [0.4, 0.5) is 8.78 Å². The van der Waals surface area contributed by atoms with Gasteiger partial charge in [0.25, 0.3) is 0 Å². The molecule has 0 N–H and O–H groups in total. The van der Waals surface area contributed by atoms with Gasteiger partial charge in [0.1, 0.15) is 11.6 Å². The Kier molecular flexibility index (Phi) is 3.23. The molecule has 0 spiro atoms. The van der Waals surface area contributed by atoms with Gasteiger partial charge in [0.2, 0.25) is 0 Å². The summed E-state index contributed by atoms with van der Waals surface area (Å²) in [5.74, 6) is -1.14. The van der Waals surface area contributed by atoms with E-state index in [1.54, 1.807) is 11.3 Å². The van der Waals surface area contributed by atoms with Crippen molar-refractivity contribution in [1.29, 1.82) is 0 Å². The number of thiazole rings is 1. The van der Waals surface area contributed by atoms with E-state index in [4.69, 9.17) is 0 Å². The number of aryl methyl sites for hydroxylation is 1. The summed E-state index contributed by atoms with van der Waals surface area (Å²) in [5.41, 5.74) is 0.910. The second-order valence-electron chi connectivity index (χ2n) is 5.30. The lowest BCUT2D eigenvalue weighted by atomic mass is 9.98. The molecule has 0 unspecified atom stereocenters. The largest absolute Gasteiger partial charge is 0.240 e. The molecule has 96 valence electrons. The molecule has 0 bridgehead atoms. The van der Waals surface area contributed by atoms with Gasteiger partial charge in [0.15, 0.2) is 0 Å². The van der Waals surface area contributed by atoms with Gasteiger partial charge >= 0.3 is 0 Å². The Morgan fingerprint density at radius 3 is 2.33 bits per heavy atom. The van der Waals surface area contributed by atoms with Crippen LogP contribution in [-0.4, -0.2) is 4.98 Å². The third-order valence-corrected chi connectivity index (χ3v) is 4.02. The fraction of sp³-hybridized carbons (Fsp3) is 0.357. The second-order valence-corrected chi connectivity index (χ2v) is 6.50. The van der Waals surface area contributed by atoms with Crippen molar-refractivity contribution < 1.29 is 8.78 Å². The molecular weight excluding hydrogens is 252 g/mol. The molecule has 2 aromatic rings. The van der Waals surface area contributed by atoms with Gasteiger partial charge in [0.05, 0.1) is 10.7 Å². The van der Waals surface area contributed by atoms with E-state index in [9.17, 15) is 8.78 Å². The summed E-state index contributed by atoms with van der Waals surface area (Å²) < 4.78 is 26.6. The highest BCUT2D eigenvalue weighted by molar-refractivity contribution is 7.12. The first kappa shape index (κ1) is 13.1. The average Bonchev–Trinajstić information content (AvgIpc) is 2.60. The van der Waals surface area contributed by atoms with E-state index in [1.807, 2.05) is 6.92 Å². The first-order chi connectivity index (χ1) is 8.29. The first-order valence-corrected chi connectivity index (χ1v) is 6.54. The molecule has 1 aromatic carbocycles. The van der Waals surface area contributed by atoms with Gasteiger partial charge in [-0.05, 0) is 19.1 Å². The van der Waals surface area contributed by atoms with E-state index in [-0.39, 0.29) is 5.41 Å². The Hall–Kier alpha value is -1.29. The Labute approximate surface area is 110 Å². The van der Waals surface area contributed by atoms with Crippen LogP contribution in [0.5, 0.6) is 0 Å². The molecule has 0 amide bonds. The van der Waals surface area contributed by atoms with Gasteiger partial charge in [-0.1, -0.05) is 20.8 Å². The maximum atomic E-state index is 13.7. The Balaban J connectivity index is 2.55. The highest BCUT2D eigenvalue weighted by Gasteiger charge is 2.22. The van der Waals surface area contributed by atoms with Gasteiger partial charge < -0.3 is 0 Å². The molecule has 0 atom stereocenters. The standard InChI is InChI=1S/C14H15F2NS/c1-8-12(17-13(18-8)14(2,3)4)10-6-5-9(15)7-11(10)16/h5-7H,1-4H3. The summed E-state index contributed by atoms with van der Waals surface area (Å²) in [6.45, 7) is 8.10. The summed E-state index contributed by atoms with van der Waals surface area (Å²) in [5, 5.41) is 0.957. The van der Waals surface area contributed by atoms with E-state index in [1.165, 1.54) is 12.1 Å². The van der Waals surface area contributed by atoms with Crippen molar-refractivity contribution in [2.75, 3.05) is 0 Å². The summed E-state index contributed by atoms with van der Waals surface area (Å²) in [7, 11) is 0. The quantitative estimate of drug-likeness (QED) is 0.730. The topological polar surface area (TPSA) is 12.9 Å². The SMILES string of the molecule is Cc1sc(C(C)(C)C)nc1-c1ccc(F)cc1F. The highest BCUT2D eigenvalue weighted by Crippen LogP contribution is 2.34. The van der Waals surface area contributed by atoms with E-state index >= 15 is 0 Å². The van der Waals surface area contributed by atoms with Crippen molar-refractivity contribution in [2.24, 2.45) is 0 Å². The van der Waals surface area contributed by atoms with Crippen LogP contribution in [0.1, 0.15) is 30.7 Å². The Morgan fingerprint density at radius 1 is 1.17 bits per heavy atom. The fourth-order valence-corrected chi connectivity index (χ4v) is 2.63. The van der Waals surface area contributed by atoms with Crippen LogP contribution < -0.4 is 0 Å². The minimum atomic E-state index is -0.569. The van der Waals surface area contributed by atoms with E-state index in [2.05, 4.69) is 25.8 Å². The third-order valence-electron chi connectivity index (χ3n) is 2.62. The Bertz CT molecular complexity index is 582. The molecule has 0 radical (unpaired) electrons. The summed E-state index contributed by atoms with van der Waals surface area (Å²) >= 11 is 1.56. The number of aromatic nitrogens is 1. The summed E-state index contributed by atoms with van der Waals surface area (Å²) in [6, 6.07) is 3.60. The maximum absolute atomic E-state index is 13.7. The molecule has 0 saturated heterocycles. The molecular formula is C14H15F2NS. The first-order valence-electron chi connectivity index (χ1n) is 5.72. The minimum absolute atomic E-state index is 0.0653. The van der Waals surface area contributed by atoms with Crippen molar-refractivity contribution in [1.82, 2.24) is 4.98 Å². The van der Waals surface area contributed by atoms with E-state index in [0.29, 0.717) is 11.3 Å². The lowest BCUT2D eigenvalue weighted by molar-refractivity contribution is 0.580. The fourth-order valence-electron chi connectivity index (χ4n) is 1.65. The smallest absolute Gasteiger partial charge is 0.135 e. The number of rotatable bonds is 1. The van der Waals surface area contributed by atoms with Gasteiger partial charge in [0, 0.05) is 21.9 Å². The van der Waals surface area contributed by atoms with Crippen molar-refractivity contribution in [3.63, 3.8) is 0 Å². The number of nitrogens with zero attached hydrogens (tertiary/aromatic N) is 1. The summed E-state index contributed by atoms with van der Waals surface area (Å²) in [6.07, 6.45) is 0. The van der Waals surface area contributed by atoms with Gasteiger partial charge in [-0.2, -0.15) is 0 Å². The maximum Gasteiger partial charge on any atom is 0.135 e. The molecule has 0 fully saturated rings. The molecule has 0 saturated carbocycles. The predicted octanol–water partition coefficient (Wildman–Crippen LogP) is 4.69. The monoisotopic (exact) mass is 267 g/mol. The molecule has 1 heterocycles. The Morgan fingerprint density at radius 2 is 1.83 bits per heavy atom. The molecule has 1 aromatic heterocycles. The van der Waals surface area contributed by atoms with Crippen molar-refractivity contribution in [2.45, 2.75) is 33.1 Å². The van der Waals surface area contributed by atoms with Gasteiger partial charge in [-0.25, -0.2) is 13.8 Å². The zero-order chi connectivity index (χ0) is 13.5. The van der Waals surface area contributed by atoms with Crippen LogP contribution in [0.3, 0.4) is 0 Å². The van der Waals surface area contributed by atoms with Crippen molar-refractivity contribution >= 4 is 11.3 Å². The molecule has 18 heavy (non-hydrogen) atoms. The van der Waals surface area contributed by atoms with Crippen molar-refractivity contribution in [3.8, 4) is 11.3 Å². The lowest BCUT2D eigenvalue weighted by Crippen LogP contribution is -2.10. The van der Waals surface area contributed by atoms with Gasteiger partial charge in [-0.15, -0.1) is 11.3 Å². The van der Waals surface area contributed by atoms with Crippen LogP contribution in [-0.2, 0) is 5.41 Å².